The van der Waals surface area contributed by atoms with E-state index in [2.05, 4.69) is 25.3 Å². The van der Waals surface area contributed by atoms with E-state index in [1.165, 1.54) is 16.8 Å². The summed E-state index contributed by atoms with van der Waals surface area (Å²) in [6.45, 7) is 2.57. The monoisotopic (exact) mass is 308 g/mol. The molecule has 3 aromatic heterocycles. The highest BCUT2D eigenvalue weighted by atomic mass is 19.4. The van der Waals surface area contributed by atoms with Crippen molar-refractivity contribution in [3.63, 3.8) is 0 Å². The molecule has 0 spiro atoms. The second kappa shape index (κ2) is 5.24. The van der Waals surface area contributed by atoms with Crippen LogP contribution in [0.25, 0.3) is 17.2 Å². The van der Waals surface area contributed by atoms with Gasteiger partial charge in [-0.15, -0.1) is 0 Å². The minimum Gasteiger partial charge on any atom is -0.354 e. The molecule has 0 bridgehead atoms. The van der Waals surface area contributed by atoms with Gasteiger partial charge in [0.05, 0.1) is 17.6 Å². The first-order chi connectivity index (χ1) is 10.5. The topological polar surface area (TPSA) is 68.0 Å². The summed E-state index contributed by atoms with van der Waals surface area (Å²) in [6, 6.07) is 2.56. The van der Waals surface area contributed by atoms with E-state index >= 15 is 0 Å². The average molecular weight is 308 g/mol. The van der Waals surface area contributed by atoms with Crippen LogP contribution in [0.5, 0.6) is 0 Å². The zero-order chi connectivity index (χ0) is 15.7. The molecule has 3 rings (SSSR count). The largest absolute Gasteiger partial charge is 0.433 e. The fourth-order valence-electron chi connectivity index (χ4n) is 1.96. The summed E-state index contributed by atoms with van der Waals surface area (Å²) in [5.74, 6) is 0.406. The maximum absolute atomic E-state index is 12.7. The third-order valence-corrected chi connectivity index (χ3v) is 2.92. The molecule has 0 unspecified atom stereocenters. The Morgan fingerprint density at radius 2 is 2.00 bits per heavy atom. The quantitative estimate of drug-likeness (QED) is 0.805. The molecule has 0 amide bonds. The number of nitrogens with zero attached hydrogens (tertiary/aromatic N) is 5. The first-order valence-corrected chi connectivity index (χ1v) is 6.47. The van der Waals surface area contributed by atoms with Crippen LogP contribution in [-0.4, -0.2) is 30.9 Å². The molecule has 9 heteroatoms. The average Bonchev–Trinajstić information content (AvgIpc) is 2.90. The van der Waals surface area contributed by atoms with Gasteiger partial charge >= 0.3 is 6.18 Å². The van der Waals surface area contributed by atoms with Crippen molar-refractivity contribution in [2.45, 2.75) is 13.1 Å². The SMILES string of the molecule is CCNc1nccc(-c2cnc3nc(C(F)(F)F)ccn23)n1. The highest BCUT2D eigenvalue weighted by Crippen LogP contribution is 2.28. The molecular weight excluding hydrogens is 297 g/mol. The molecule has 0 aliphatic rings. The van der Waals surface area contributed by atoms with Crippen molar-refractivity contribution in [1.29, 1.82) is 0 Å². The second-order valence-electron chi connectivity index (χ2n) is 4.42. The highest BCUT2D eigenvalue weighted by molar-refractivity contribution is 5.59. The maximum atomic E-state index is 12.7. The van der Waals surface area contributed by atoms with Crippen molar-refractivity contribution in [2.75, 3.05) is 11.9 Å². The van der Waals surface area contributed by atoms with Gasteiger partial charge in [-0.1, -0.05) is 0 Å². The number of hydrogen-bond acceptors (Lipinski definition) is 5. The van der Waals surface area contributed by atoms with Crippen LogP contribution in [0.1, 0.15) is 12.6 Å². The Morgan fingerprint density at radius 3 is 2.73 bits per heavy atom. The van der Waals surface area contributed by atoms with Crippen LogP contribution in [0, 0.1) is 0 Å². The summed E-state index contributed by atoms with van der Waals surface area (Å²) in [6.07, 6.45) is -0.221. The lowest BCUT2D eigenvalue weighted by Gasteiger charge is -2.07. The molecule has 0 aliphatic heterocycles. The Balaban J connectivity index is 2.07. The van der Waals surface area contributed by atoms with Crippen LogP contribution in [0.4, 0.5) is 19.1 Å². The molecule has 3 heterocycles. The predicted molar refractivity (Wildman–Crippen MR) is 73.2 cm³/mol. The molecule has 6 nitrogen and oxygen atoms in total. The molecule has 0 fully saturated rings. The Bertz CT molecular complexity index is 811. The Kier molecular flexibility index (Phi) is 3.39. The number of alkyl halides is 3. The number of fused-ring (bicyclic) bond motifs is 1. The third kappa shape index (κ3) is 2.57. The van der Waals surface area contributed by atoms with Crippen molar-refractivity contribution in [3.8, 4) is 11.4 Å². The van der Waals surface area contributed by atoms with Crippen molar-refractivity contribution in [3.05, 3.63) is 36.4 Å². The van der Waals surface area contributed by atoms with Gasteiger partial charge in [0.25, 0.3) is 0 Å². The first kappa shape index (κ1) is 14.2. The lowest BCUT2D eigenvalue weighted by atomic mass is 10.3. The normalized spacial score (nSPS) is 11.8. The maximum Gasteiger partial charge on any atom is 0.433 e. The fourth-order valence-corrected chi connectivity index (χ4v) is 1.96. The molecule has 114 valence electrons. The summed E-state index contributed by atoms with van der Waals surface area (Å²) in [4.78, 5) is 15.8. The van der Waals surface area contributed by atoms with E-state index < -0.39 is 11.9 Å². The number of aromatic nitrogens is 5. The third-order valence-electron chi connectivity index (χ3n) is 2.92. The van der Waals surface area contributed by atoms with Gasteiger partial charge in [-0.05, 0) is 19.1 Å². The number of imidazole rings is 1. The number of anilines is 1. The molecule has 0 saturated carbocycles. The molecule has 3 aromatic rings. The summed E-state index contributed by atoms with van der Waals surface area (Å²) < 4.78 is 39.4. The van der Waals surface area contributed by atoms with Gasteiger partial charge in [-0.2, -0.15) is 13.2 Å². The van der Waals surface area contributed by atoms with Crippen LogP contribution < -0.4 is 5.32 Å². The van der Waals surface area contributed by atoms with E-state index in [1.54, 1.807) is 12.3 Å². The number of hydrogen-bond donors (Lipinski definition) is 1. The fraction of sp³-hybridized carbons (Fsp3) is 0.231. The zero-order valence-electron chi connectivity index (χ0n) is 11.5. The Hall–Kier alpha value is -2.71. The lowest BCUT2D eigenvalue weighted by Crippen LogP contribution is -2.09. The van der Waals surface area contributed by atoms with E-state index in [0.29, 0.717) is 23.9 Å². The molecule has 0 saturated heterocycles. The van der Waals surface area contributed by atoms with Crippen molar-refractivity contribution >= 4 is 11.7 Å². The van der Waals surface area contributed by atoms with Gasteiger partial charge < -0.3 is 5.32 Å². The van der Waals surface area contributed by atoms with Gasteiger partial charge in [0.1, 0.15) is 5.69 Å². The van der Waals surface area contributed by atoms with E-state index in [4.69, 9.17) is 0 Å². The van der Waals surface area contributed by atoms with Crippen LogP contribution >= 0.6 is 0 Å². The molecule has 0 aliphatic carbocycles. The molecule has 0 atom stereocenters. The van der Waals surface area contributed by atoms with Gasteiger partial charge in [-0.25, -0.2) is 19.9 Å². The molecule has 0 radical (unpaired) electrons. The molecule has 22 heavy (non-hydrogen) atoms. The lowest BCUT2D eigenvalue weighted by molar-refractivity contribution is -0.141. The van der Waals surface area contributed by atoms with E-state index in [0.717, 1.165) is 6.07 Å². The van der Waals surface area contributed by atoms with Crippen molar-refractivity contribution < 1.29 is 13.2 Å². The van der Waals surface area contributed by atoms with Crippen molar-refractivity contribution in [1.82, 2.24) is 24.3 Å². The summed E-state index contributed by atoms with van der Waals surface area (Å²) in [5.41, 5.74) is 0.103. The molecule has 1 N–H and O–H groups in total. The van der Waals surface area contributed by atoms with E-state index in [1.807, 2.05) is 6.92 Å². The van der Waals surface area contributed by atoms with Gasteiger partial charge in [-0.3, -0.25) is 4.40 Å². The number of nitrogens with one attached hydrogen (secondary N) is 1. The Labute approximate surface area is 123 Å². The van der Waals surface area contributed by atoms with E-state index in [9.17, 15) is 13.2 Å². The highest BCUT2D eigenvalue weighted by Gasteiger charge is 2.33. The van der Waals surface area contributed by atoms with Crippen LogP contribution in [0.15, 0.2) is 30.7 Å². The Morgan fingerprint density at radius 1 is 1.18 bits per heavy atom. The predicted octanol–water partition coefficient (Wildman–Crippen LogP) is 2.64. The smallest absolute Gasteiger partial charge is 0.354 e. The minimum atomic E-state index is -4.50. The standard InChI is InChI=1S/C13H11F3N6/c1-2-17-11-18-5-3-8(20-11)9-7-19-12-21-10(13(14,15)16)4-6-22(9)12/h3-7H,2H2,1H3,(H,17,18,20). The minimum absolute atomic E-state index is 0.0339. The first-order valence-electron chi connectivity index (χ1n) is 6.47. The number of halogens is 3. The van der Waals surface area contributed by atoms with Crippen LogP contribution in [-0.2, 0) is 6.18 Å². The van der Waals surface area contributed by atoms with Crippen molar-refractivity contribution in [2.24, 2.45) is 0 Å². The van der Waals surface area contributed by atoms with Crippen LogP contribution in [0.3, 0.4) is 0 Å². The van der Waals surface area contributed by atoms with Gasteiger partial charge in [0.15, 0.2) is 0 Å². The zero-order valence-corrected chi connectivity index (χ0v) is 11.5. The summed E-state index contributed by atoms with van der Waals surface area (Å²) >= 11 is 0. The van der Waals surface area contributed by atoms with E-state index in [-0.39, 0.29) is 5.78 Å². The second-order valence-corrected chi connectivity index (χ2v) is 4.42. The molecule has 0 aromatic carbocycles. The van der Waals surface area contributed by atoms with Gasteiger partial charge in [0, 0.05) is 18.9 Å². The molecular formula is C13H11F3N6. The summed E-state index contributed by atoms with van der Waals surface area (Å²) in [5, 5.41) is 2.97. The summed E-state index contributed by atoms with van der Waals surface area (Å²) in [7, 11) is 0. The van der Waals surface area contributed by atoms with Gasteiger partial charge in [0.2, 0.25) is 11.7 Å². The number of rotatable bonds is 3. The van der Waals surface area contributed by atoms with Crippen LogP contribution in [0.2, 0.25) is 0 Å².